The standard InChI is InChI=1S/C24H30Cl2N2O2/c1-15-9-16(2)11-19(10-15)13-22(29)28(17(3)23(30)27-24(4,5)6)14-18-7-8-20(25)21(26)12-18/h7-12,17H,13-14H2,1-6H3,(H,27,30). The monoisotopic (exact) mass is 448 g/mol. The number of aryl methyl sites for hydroxylation is 2. The summed E-state index contributed by atoms with van der Waals surface area (Å²) in [5, 5.41) is 3.83. The van der Waals surface area contributed by atoms with E-state index >= 15 is 0 Å². The van der Waals surface area contributed by atoms with Gasteiger partial charge in [-0.25, -0.2) is 0 Å². The van der Waals surface area contributed by atoms with Crippen LogP contribution in [0.5, 0.6) is 0 Å². The van der Waals surface area contributed by atoms with Crippen molar-refractivity contribution in [1.29, 1.82) is 0 Å². The highest BCUT2D eigenvalue weighted by Crippen LogP contribution is 2.24. The molecule has 0 aromatic heterocycles. The molecule has 1 atom stereocenters. The summed E-state index contributed by atoms with van der Waals surface area (Å²) in [5.74, 6) is -0.320. The minimum Gasteiger partial charge on any atom is -0.350 e. The minimum atomic E-state index is -0.642. The van der Waals surface area contributed by atoms with Gasteiger partial charge >= 0.3 is 0 Å². The Kier molecular flexibility index (Phi) is 7.95. The molecule has 4 nitrogen and oxygen atoms in total. The zero-order valence-electron chi connectivity index (χ0n) is 18.5. The molecule has 0 radical (unpaired) electrons. The number of hydrogen-bond acceptors (Lipinski definition) is 2. The van der Waals surface area contributed by atoms with Gasteiger partial charge in [-0.15, -0.1) is 0 Å². The molecule has 0 aliphatic heterocycles. The van der Waals surface area contributed by atoms with Crippen molar-refractivity contribution in [2.45, 2.75) is 66.1 Å². The normalized spacial score (nSPS) is 12.4. The maximum absolute atomic E-state index is 13.3. The fourth-order valence-corrected chi connectivity index (χ4v) is 3.66. The molecular formula is C24H30Cl2N2O2. The molecule has 30 heavy (non-hydrogen) atoms. The van der Waals surface area contributed by atoms with E-state index in [1.807, 2.05) is 52.8 Å². The van der Waals surface area contributed by atoms with Crippen molar-refractivity contribution in [2.75, 3.05) is 0 Å². The third-order valence-corrected chi connectivity index (χ3v) is 5.38. The van der Waals surface area contributed by atoms with Crippen LogP contribution >= 0.6 is 23.2 Å². The van der Waals surface area contributed by atoms with Crippen molar-refractivity contribution in [2.24, 2.45) is 0 Å². The number of hydrogen-bond donors (Lipinski definition) is 1. The third-order valence-electron chi connectivity index (χ3n) is 4.64. The van der Waals surface area contributed by atoms with Crippen molar-refractivity contribution < 1.29 is 9.59 Å². The van der Waals surface area contributed by atoms with Crippen LogP contribution in [-0.4, -0.2) is 28.3 Å². The number of carbonyl (C=O) groups is 2. The fraction of sp³-hybridized carbons (Fsp3) is 0.417. The molecule has 2 aromatic carbocycles. The van der Waals surface area contributed by atoms with E-state index in [0.29, 0.717) is 10.0 Å². The van der Waals surface area contributed by atoms with Crippen LogP contribution in [0.4, 0.5) is 0 Å². The van der Waals surface area contributed by atoms with Crippen LogP contribution in [0.25, 0.3) is 0 Å². The summed E-state index contributed by atoms with van der Waals surface area (Å²) in [6.45, 7) is 11.8. The molecule has 0 spiro atoms. The summed E-state index contributed by atoms with van der Waals surface area (Å²) in [4.78, 5) is 27.7. The van der Waals surface area contributed by atoms with Gasteiger partial charge in [-0.1, -0.05) is 58.6 Å². The van der Waals surface area contributed by atoms with Gasteiger partial charge in [-0.2, -0.15) is 0 Å². The van der Waals surface area contributed by atoms with E-state index in [2.05, 4.69) is 11.4 Å². The molecule has 162 valence electrons. The Labute approximate surface area is 189 Å². The van der Waals surface area contributed by atoms with Gasteiger partial charge in [0.15, 0.2) is 0 Å². The average molecular weight is 449 g/mol. The Morgan fingerprint density at radius 2 is 1.57 bits per heavy atom. The third kappa shape index (κ3) is 7.03. The number of rotatable bonds is 6. The Hall–Kier alpha value is -2.04. The minimum absolute atomic E-state index is 0.123. The van der Waals surface area contributed by atoms with E-state index in [4.69, 9.17) is 23.2 Å². The Morgan fingerprint density at radius 3 is 2.10 bits per heavy atom. The molecule has 2 aromatic rings. The van der Waals surface area contributed by atoms with Crippen LogP contribution in [0.3, 0.4) is 0 Å². The maximum Gasteiger partial charge on any atom is 0.242 e. The second-order valence-corrected chi connectivity index (χ2v) is 9.67. The van der Waals surface area contributed by atoms with Gasteiger partial charge in [0.1, 0.15) is 6.04 Å². The summed E-state index contributed by atoms with van der Waals surface area (Å²) < 4.78 is 0. The number of amides is 2. The van der Waals surface area contributed by atoms with Gasteiger partial charge in [0.2, 0.25) is 11.8 Å². The number of nitrogens with one attached hydrogen (secondary N) is 1. The van der Waals surface area contributed by atoms with Crippen LogP contribution in [0.15, 0.2) is 36.4 Å². The van der Waals surface area contributed by atoms with Gasteiger partial charge < -0.3 is 10.2 Å². The molecule has 6 heteroatoms. The van der Waals surface area contributed by atoms with Gasteiger partial charge in [0, 0.05) is 12.1 Å². The summed E-state index contributed by atoms with van der Waals surface area (Å²) in [6, 6.07) is 10.7. The molecule has 0 aliphatic carbocycles. The molecule has 2 amide bonds. The van der Waals surface area contributed by atoms with Gasteiger partial charge in [-0.05, 0) is 64.8 Å². The average Bonchev–Trinajstić information content (AvgIpc) is 2.59. The molecule has 2 rings (SSSR count). The molecule has 0 saturated carbocycles. The highest BCUT2D eigenvalue weighted by Gasteiger charge is 2.28. The number of nitrogens with zero attached hydrogens (tertiary/aromatic N) is 1. The quantitative estimate of drug-likeness (QED) is 0.635. The summed E-state index contributed by atoms with van der Waals surface area (Å²) >= 11 is 12.2. The van der Waals surface area contributed by atoms with Crippen molar-refractivity contribution >= 4 is 35.0 Å². The first-order chi connectivity index (χ1) is 13.9. The fourth-order valence-electron chi connectivity index (χ4n) is 3.34. The highest BCUT2D eigenvalue weighted by atomic mass is 35.5. The lowest BCUT2D eigenvalue weighted by Crippen LogP contribution is -2.52. The van der Waals surface area contributed by atoms with Gasteiger partial charge in [-0.3, -0.25) is 9.59 Å². The molecule has 1 N–H and O–H groups in total. The topological polar surface area (TPSA) is 49.4 Å². The van der Waals surface area contributed by atoms with E-state index in [1.54, 1.807) is 24.0 Å². The first-order valence-electron chi connectivity index (χ1n) is 9.98. The van der Waals surface area contributed by atoms with Crippen molar-refractivity contribution in [3.8, 4) is 0 Å². The number of benzene rings is 2. The van der Waals surface area contributed by atoms with Gasteiger partial charge in [0.05, 0.1) is 16.5 Å². The smallest absolute Gasteiger partial charge is 0.242 e. The SMILES string of the molecule is Cc1cc(C)cc(CC(=O)N(Cc2ccc(Cl)c(Cl)c2)C(C)C(=O)NC(C)(C)C)c1. The Morgan fingerprint density at radius 1 is 0.967 bits per heavy atom. The summed E-state index contributed by atoms with van der Waals surface area (Å²) in [7, 11) is 0. The van der Waals surface area contributed by atoms with Crippen molar-refractivity contribution in [3.63, 3.8) is 0 Å². The predicted octanol–water partition coefficient (Wildman–Crippen LogP) is 5.48. The second-order valence-electron chi connectivity index (χ2n) is 8.86. The first-order valence-corrected chi connectivity index (χ1v) is 10.7. The lowest BCUT2D eigenvalue weighted by atomic mass is 10.0. The summed E-state index contributed by atoms with van der Waals surface area (Å²) in [6.07, 6.45) is 0.219. The lowest BCUT2D eigenvalue weighted by molar-refractivity contribution is -0.140. The largest absolute Gasteiger partial charge is 0.350 e. The zero-order valence-corrected chi connectivity index (χ0v) is 20.0. The van der Waals surface area contributed by atoms with Crippen molar-refractivity contribution in [1.82, 2.24) is 10.2 Å². The van der Waals surface area contributed by atoms with E-state index in [1.165, 1.54) is 0 Å². The van der Waals surface area contributed by atoms with E-state index in [0.717, 1.165) is 22.3 Å². The number of halogens is 2. The van der Waals surface area contributed by atoms with Crippen LogP contribution in [-0.2, 0) is 22.6 Å². The lowest BCUT2D eigenvalue weighted by Gasteiger charge is -2.31. The van der Waals surface area contributed by atoms with Crippen LogP contribution in [0.1, 0.15) is 49.9 Å². The highest BCUT2D eigenvalue weighted by molar-refractivity contribution is 6.42. The molecule has 0 bridgehead atoms. The predicted molar refractivity (Wildman–Crippen MR) is 124 cm³/mol. The molecule has 1 unspecified atom stereocenters. The molecule has 0 fully saturated rings. The van der Waals surface area contributed by atoms with E-state index < -0.39 is 11.6 Å². The molecule has 0 aliphatic rings. The van der Waals surface area contributed by atoms with Crippen LogP contribution in [0, 0.1) is 13.8 Å². The Bertz CT molecular complexity index is 915. The molecule has 0 saturated heterocycles. The Balaban J connectivity index is 2.31. The van der Waals surface area contributed by atoms with Crippen LogP contribution < -0.4 is 5.32 Å². The van der Waals surface area contributed by atoms with Crippen molar-refractivity contribution in [3.05, 3.63) is 68.7 Å². The van der Waals surface area contributed by atoms with Gasteiger partial charge in [0.25, 0.3) is 0 Å². The van der Waals surface area contributed by atoms with E-state index in [9.17, 15) is 9.59 Å². The number of carbonyl (C=O) groups excluding carboxylic acids is 2. The van der Waals surface area contributed by atoms with Crippen LogP contribution in [0.2, 0.25) is 10.0 Å². The summed E-state index contributed by atoms with van der Waals surface area (Å²) in [5.41, 5.74) is 3.56. The van der Waals surface area contributed by atoms with E-state index in [-0.39, 0.29) is 24.8 Å². The maximum atomic E-state index is 13.3. The molecule has 0 heterocycles. The zero-order chi connectivity index (χ0) is 22.6. The molecular weight excluding hydrogens is 419 g/mol. The second kappa shape index (κ2) is 9.84. The first kappa shape index (κ1) is 24.2.